The monoisotopic (exact) mass is 456 g/mol. The molecule has 0 saturated heterocycles. The molecule has 2 rings (SSSR count). The first kappa shape index (κ1) is 24.1. The van der Waals surface area contributed by atoms with E-state index in [1.54, 1.807) is 0 Å². The quantitative estimate of drug-likeness (QED) is 0.530. The molecule has 0 aliphatic carbocycles. The minimum Gasteiger partial charge on any atom is -0.455 e. The van der Waals surface area contributed by atoms with Crippen LogP contribution in [0.1, 0.15) is 6.92 Å². The predicted octanol–water partition coefficient (Wildman–Crippen LogP) is 3.67. The standard InChI is InChI=1S/C20H19F3N2O5S/c1-12(31-11-18(27)24-14-8-6-13(21)7-9-14)19(28)29-10-17(26)25-15-4-2-3-5-16(15)30-20(22)23/h2-9,12,20H,10-11H2,1H3,(H,24,27)(H,25,26)/t12-/m0/s1. The summed E-state index contributed by atoms with van der Waals surface area (Å²) in [6.07, 6.45) is 0. The summed E-state index contributed by atoms with van der Waals surface area (Å²) in [6.45, 7) is -2.20. The highest BCUT2D eigenvalue weighted by molar-refractivity contribution is 8.01. The lowest BCUT2D eigenvalue weighted by Gasteiger charge is -2.13. The van der Waals surface area contributed by atoms with Gasteiger partial charge in [0.1, 0.15) is 16.8 Å². The van der Waals surface area contributed by atoms with Gasteiger partial charge in [0.25, 0.3) is 5.91 Å². The Labute approximate surface area is 180 Å². The predicted molar refractivity (Wildman–Crippen MR) is 110 cm³/mol. The van der Waals surface area contributed by atoms with E-state index in [1.165, 1.54) is 55.5 Å². The largest absolute Gasteiger partial charge is 0.455 e. The topological polar surface area (TPSA) is 93.7 Å². The zero-order chi connectivity index (χ0) is 22.8. The van der Waals surface area contributed by atoms with Crippen LogP contribution in [-0.4, -0.2) is 42.0 Å². The highest BCUT2D eigenvalue weighted by Gasteiger charge is 2.19. The van der Waals surface area contributed by atoms with Crippen molar-refractivity contribution in [3.8, 4) is 5.75 Å². The summed E-state index contributed by atoms with van der Waals surface area (Å²) < 4.78 is 46.8. The van der Waals surface area contributed by atoms with Gasteiger partial charge in [-0.2, -0.15) is 8.78 Å². The molecule has 0 bridgehead atoms. The fraction of sp³-hybridized carbons (Fsp3) is 0.250. The summed E-state index contributed by atoms with van der Waals surface area (Å²) in [5.41, 5.74) is 0.416. The Kier molecular flexibility index (Phi) is 9.19. The second kappa shape index (κ2) is 11.8. The lowest BCUT2D eigenvalue weighted by atomic mass is 10.3. The van der Waals surface area contributed by atoms with Crippen molar-refractivity contribution in [3.63, 3.8) is 0 Å². The zero-order valence-corrected chi connectivity index (χ0v) is 17.1. The van der Waals surface area contributed by atoms with Crippen LogP contribution in [0.2, 0.25) is 0 Å². The van der Waals surface area contributed by atoms with Crippen LogP contribution in [0.3, 0.4) is 0 Å². The van der Waals surface area contributed by atoms with E-state index >= 15 is 0 Å². The molecule has 0 saturated carbocycles. The molecule has 0 radical (unpaired) electrons. The highest BCUT2D eigenvalue weighted by atomic mass is 32.2. The van der Waals surface area contributed by atoms with Crippen LogP contribution in [-0.2, 0) is 19.1 Å². The molecule has 0 unspecified atom stereocenters. The van der Waals surface area contributed by atoms with Gasteiger partial charge in [-0.15, -0.1) is 11.8 Å². The number of nitrogens with one attached hydrogen (secondary N) is 2. The maximum absolute atomic E-state index is 12.9. The second-order valence-electron chi connectivity index (χ2n) is 6.04. The van der Waals surface area contributed by atoms with E-state index in [0.717, 1.165) is 11.8 Å². The summed E-state index contributed by atoms with van der Waals surface area (Å²) >= 11 is 0.984. The molecular weight excluding hydrogens is 437 g/mol. The molecule has 0 aromatic heterocycles. The van der Waals surface area contributed by atoms with E-state index in [4.69, 9.17) is 4.74 Å². The average Bonchev–Trinajstić information content (AvgIpc) is 2.73. The summed E-state index contributed by atoms with van der Waals surface area (Å²) in [6, 6.07) is 10.8. The highest BCUT2D eigenvalue weighted by Crippen LogP contribution is 2.25. The first-order chi connectivity index (χ1) is 14.7. The number of hydrogen-bond acceptors (Lipinski definition) is 6. The number of carbonyl (C=O) groups excluding carboxylic acids is 3. The van der Waals surface area contributed by atoms with Crippen LogP contribution in [0.25, 0.3) is 0 Å². The zero-order valence-electron chi connectivity index (χ0n) is 16.3. The SMILES string of the molecule is C[C@H](SCC(=O)Nc1ccc(F)cc1)C(=O)OCC(=O)Nc1ccccc1OC(F)F. The van der Waals surface area contributed by atoms with Crippen LogP contribution in [0.15, 0.2) is 48.5 Å². The van der Waals surface area contributed by atoms with Crippen molar-refractivity contribution < 1.29 is 37.0 Å². The third-order valence-corrected chi connectivity index (χ3v) is 4.77. The molecule has 2 aromatic rings. The molecule has 2 amide bonds. The summed E-state index contributed by atoms with van der Waals surface area (Å²) in [7, 11) is 0. The minimum absolute atomic E-state index is 0.00346. The van der Waals surface area contributed by atoms with Gasteiger partial charge in [-0.05, 0) is 43.3 Å². The number of carbonyl (C=O) groups is 3. The number of benzene rings is 2. The lowest BCUT2D eigenvalue weighted by Crippen LogP contribution is -2.26. The number of para-hydroxylation sites is 2. The number of rotatable bonds is 10. The Morgan fingerprint density at radius 2 is 1.68 bits per heavy atom. The molecule has 0 heterocycles. The fourth-order valence-corrected chi connectivity index (χ4v) is 2.89. The van der Waals surface area contributed by atoms with E-state index in [-0.39, 0.29) is 17.2 Å². The fourth-order valence-electron chi connectivity index (χ4n) is 2.21. The van der Waals surface area contributed by atoms with Gasteiger partial charge in [0, 0.05) is 5.69 Å². The van der Waals surface area contributed by atoms with Gasteiger partial charge in [0.05, 0.1) is 11.4 Å². The Balaban J connectivity index is 1.74. The molecule has 11 heteroatoms. The third-order valence-electron chi connectivity index (χ3n) is 3.65. The van der Waals surface area contributed by atoms with Crippen molar-refractivity contribution in [2.75, 3.05) is 23.0 Å². The van der Waals surface area contributed by atoms with Gasteiger partial charge in [0.15, 0.2) is 6.61 Å². The van der Waals surface area contributed by atoms with Crippen molar-refractivity contribution in [2.45, 2.75) is 18.8 Å². The van der Waals surface area contributed by atoms with E-state index in [0.29, 0.717) is 5.69 Å². The summed E-state index contributed by atoms with van der Waals surface area (Å²) in [4.78, 5) is 35.8. The first-order valence-electron chi connectivity index (χ1n) is 8.92. The van der Waals surface area contributed by atoms with Crippen LogP contribution >= 0.6 is 11.8 Å². The first-order valence-corrected chi connectivity index (χ1v) is 9.97. The normalized spacial score (nSPS) is 11.5. The van der Waals surface area contributed by atoms with Gasteiger partial charge in [0.2, 0.25) is 5.91 Å². The van der Waals surface area contributed by atoms with Crippen LogP contribution in [0, 0.1) is 5.82 Å². The van der Waals surface area contributed by atoms with Crippen molar-refractivity contribution in [1.82, 2.24) is 0 Å². The number of hydrogen-bond donors (Lipinski definition) is 2. The molecule has 31 heavy (non-hydrogen) atoms. The van der Waals surface area contributed by atoms with Gasteiger partial charge in [-0.3, -0.25) is 14.4 Å². The summed E-state index contributed by atoms with van der Waals surface area (Å²) in [5, 5.41) is 4.12. The van der Waals surface area contributed by atoms with E-state index in [1.807, 2.05) is 0 Å². The van der Waals surface area contributed by atoms with E-state index in [9.17, 15) is 27.6 Å². The average molecular weight is 456 g/mol. The maximum Gasteiger partial charge on any atom is 0.387 e. The van der Waals surface area contributed by atoms with Crippen molar-refractivity contribution in [3.05, 3.63) is 54.3 Å². The van der Waals surface area contributed by atoms with Gasteiger partial charge >= 0.3 is 12.6 Å². The molecule has 7 nitrogen and oxygen atoms in total. The lowest BCUT2D eigenvalue weighted by molar-refractivity contribution is -0.146. The van der Waals surface area contributed by atoms with Crippen molar-refractivity contribution in [1.29, 1.82) is 0 Å². The van der Waals surface area contributed by atoms with Crippen LogP contribution < -0.4 is 15.4 Å². The third kappa shape index (κ3) is 8.59. The van der Waals surface area contributed by atoms with Crippen molar-refractivity contribution in [2.24, 2.45) is 0 Å². The van der Waals surface area contributed by atoms with Gasteiger partial charge in [-0.1, -0.05) is 12.1 Å². The Morgan fingerprint density at radius 1 is 1.00 bits per heavy atom. The second-order valence-corrected chi connectivity index (χ2v) is 7.37. The molecule has 2 N–H and O–H groups in total. The molecule has 166 valence electrons. The van der Waals surface area contributed by atoms with Crippen molar-refractivity contribution >= 4 is 40.9 Å². The van der Waals surface area contributed by atoms with Gasteiger partial charge < -0.3 is 20.1 Å². The number of alkyl halides is 2. The molecule has 1 atom stereocenters. The number of anilines is 2. The smallest absolute Gasteiger partial charge is 0.387 e. The molecule has 0 aliphatic heterocycles. The Bertz CT molecular complexity index is 912. The number of thioether (sulfide) groups is 1. The number of ether oxygens (including phenoxy) is 2. The summed E-state index contributed by atoms with van der Waals surface area (Å²) in [5.74, 6) is -2.61. The molecular formula is C20H19F3N2O5S. The maximum atomic E-state index is 12.9. The minimum atomic E-state index is -3.06. The van der Waals surface area contributed by atoms with Crippen LogP contribution in [0.5, 0.6) is 5.75 Å². The van der Waals surface area contributed by atoms with E-state index in [2.05, 4.69) is 15.4 Å². The molecule has 0 fully saturated rings. The molecule has 0 aliphatic rings. The van der Waals surface area contributed by atoms with E-state index < -0.39 is 42.1 Å². The number of halogens is 3. The number of amides is 2. The Hall–Kier alpha value is -3.21. The number of esters is 1. The van der Waals surface area contributed by atoms with Crippen LogP contribution in [0.4, 0.5) is 24.5 Å². The Morgan fingerprint density at radius 3 is 2.35 bits per heavy atom. The van der Waals surface area contributed by atoms with Gasteiger partial charge in [-0.25, -0.2) is 4.39 Å². The molecule has 0 spiro atoms. The molecule has 2 aromatic carbocycles.